The van der Waals surface area contributed by atoms with Gasteiger partial charge in [-0.1, -0.05) is 6.07 Å². The van der Waals surface area contributed by atoms with E-state index in [-0.39, 0.29) is 17.6 Å². The van der Waals surface area contributed by atoms with Crippen LogP contribution < -0.4 is 9.80 Å². The largest absolute Gasteiger partial charge is 0.444 e. The zero-order valence-electron chi connectivity index (χ0n) is 24.4. The van der Waals surface area contributed by atoms with Gasteiger partial charge in [0.2, 0.25) is 5.82 Å². The monoisotopic (exact) mass is 565 g/mol. The van der Waals surface area contributed by atoms with Crippen LogP contribution in [-0.2, 0) is 9.47 Å². The summed E-state index contributed by atoms with van der Waals surface area (Å²) in [6, 6.07) is 6.87. The minimum Gasteiger partial charge on any atom is -0.444 e. The Morgan fingerprint density at radius 1 is 0.927 bits per heavy atom. The van der Waals surface area contributed by atoms with Gasteiger partial charge in [0.25, 0.3) is 0 Å². The average Bonchev–Trinajstić information content (AvgIpc) is 2.90. The molecule has 218 valence electrons. The Morgan fingerprint density at radius 2 is 1.59 bits per heavy atom. The van der Waals surface area contributed by atoms with Crippen LogP contribution in [0.15, 0.2) is 36.8 Å². The van der Waals surface area contributed by atoms with Crippen LogP contribution in [0.5, 0.6) is 0 Å². The highest BCUT2D eigenvalue weighted by molar-refractivity contribution is 5.94. The maximum Gasteiger partial charge on any atom is 0.415 e. The number of aromatic nitrogens is 3. The van der Waals surface area contributed by atoms with E-state index in [9.17, 15) is 19.7 Å². The molecule has 2 aromatic heterocycles. The number of carbonyl (C=O) groups is 2. The molecule has 13 heteroatoms. The smallest absolute Gasteiger partial charge is 0.415 e. The number of fused-ring (bicyclic) bond motifs is 1. The fraction of sp³-hybridized carbons (Fsp3) is 0.464. The number of carbonyl (C=O) groups excluding carboxylic acids is 2. The van der Waals surface area contributed by atoms with E-state index in [4.69, 9.17) is 9.47 Å². The number of benzene rings is 1. The Labute approximate surface area is 238 Å². The summed E-state index contributed by atoms with van der Waals surface area (Å²) in [5.74, 6) is 0.574. The van der Waals surface area contributed by atoms with Crippen molar-refractivity contribution in [1.29, 1.82) is 0 Å². The van der Waals surface area contributed by atoms with E-state index >= 15 is 0 Å². The van der Waals surface area contributed by atoms with Crippen molar-refractivity contribution in [3.05, 3.63) is 46.9 Å². The molecule has 2 amide bonds. The van der Waals surface area contributed by atoms with Crippen LogP contribution in [-0.4, -0.2) is 81.4 Å². The first-order chi connectivity index (χ1) is 19.1. The molecule has 1 aliphatic heterocycles. The van der Waals surface area contributed by atoms with Gasteiger partial charge in [-0.15, -0.1) is 0 Å². The first kappa shape index (κ1) is 29.4. The van der Waals surface area contributed by atoms with Gasteiger partial charge in [-0.05, 0) is 59.2 Å². The van der Waals surface area contributed by atoms with Crippen molar-refractivity contribution in [2.75, 3.05) is 43.0 Å². The van der Waals surface area contributed by atoms with Crippen LogP contribution in [0.2, 0.25) is 0 Å². The highest BCUT2D eigenvalue weighted by Crippen LogP contribution is 2.34. The number of nitro groups is 1. The third-order valence-electron chi connectivity index (χ3n) is 6.21. The number of ether oxygens (including phenoxy) is 2. The van der Waals surface area contributed by atoms with Crippen molar-refractivity contribution in [2.45, 2.75) is 52.7 Å². The zero-order valence-corrected chi connectivity index (χ0v) is 24.4. The number of rotatable bonds is 4. The van der Waals surface area contributed by atoms with Crippen molar-refractivity contribution < 1.29 is 24.0 Å². The number of amides is 2. The first-order valence-electron chi connectivity index (χ1n) is 13.2. The second-order valence-corrected chi connectivity index (χ2v) is 11.7. The van der Waals surface area contributed by atoms with Crippen LogP contribution >= 0.6 is 0 Å². The molecule has 1 fully saturated rings. The van der Waals surface area contributed by atoms with Gasteiger partial charge in [0.15, 0.2) is 0 Å². The van der Waals surface area contributed by atoms with Crippen molar-refractivity contribution >= 4 is 40.4 Å². The van der Waals surface area contributed by atoms with Gasteiger partial charge in [-0.2, -0.15) is 0 Å². The molecule has 3 heterocycles. The predicted octanol–water partition coefficient (Wildman–Crippen LogP) is 5.03. The van der Waals surface area contributed by atoms with Gasteiger partial charge < -0.3 is 19.3 Å². The van der Waals surface area contributed by atoms with Crippen LogP contribution in [0, 0.1) is 10.1 Å². The lowest BCUT2D eigenvalue weighted by Crippen LogP contribution is -2.50. The lowest BCUT2D eigenvalue weighted by atomic mass is 10.0. The third kappa shape index (κ3) is 6.97. The van der Waals surface area contributed by atoms with Crippen LogP contribution in [0.3, 0.4) is 0 Å². The SMILES string of the molecule is CN(C(=O)OC(C)(C)C)c1ncc(-c2ccc3ncnc(N4CCN(C(=O)OC(C)(C)C)CC4)c3c2)cc1[N+](=O)[O-]. The molecule has 4 rings (SSSR count). The lowest BCUT2D eigenvalue weighted by molar-refractivity contribution is -0.384. The summed E-state index contributed by atoms with van der Waals surface area (Å²) in [5.41, 5.74) is 0.192. The van der Waals surface area contributed by atoms with Crippen molar-refractivity contribution in [3.63, 3.8) is 0 Å². The number of hydrogen-bond donors (Lipinski definition) is 0. The van der Waals surface area contributed by atoms with Crippen molar-refractivity contribution in [2.24, 2.45) is 0 Å². The average molecular weight is 566 g/mol. The molecule has 0 aliphatic carbocycles. The molecule has 0 saturated carbocycles. The van der Waals surface area contributed by atoms with Gasteiger partial charge >= 0.3 is 17.9 Å². The second-order valence-electron chi connectivity index (χ2n) is 11.7. The second kappa shape index (κ2) is 11.1. The topological polar surface area (TPSA) is 144 Å². The quantitative estimate of drug-likeness (QED) is 0.312. The van der Waals surface area contributed by atoms with Gasteiger partial charge in [-0.25, -0.2) is 24.5 Å². The van der Waals surface area contributed by atoms with Gasteiger partial charge in [0.05, 0.1) is 10.4 Å². The molecular formula is C28H35N7O6. The van der Waals surface area contributed by atoms with Gasteiger partial charge in [0, 0.05) is 56.4 Å². The molecule has 0 unspecified atom stereocenters. The molecule has 0 atom stereocenters. The van der Waals surface area contributed by atoms with Crippen LogP contribution in [0.1, 0.15) is 41.5 Å². The molecule has 0 N–H and O–H groups in total. The highest BCUT2D eigenvalue weighted by atomic mass is 16.6. The number of hydrogen-bond acceptors (Lipinski definition) is 10. The predicted molar refractivity (Wildman–Crippen MR) is 154 cm³/mol. The van der Waals surface area contributed by atoms with Crippen LogP contribution in [0.4, 0.5) is 26.9 Å². The third-order valence-corrected chi connectivity index (χ3v) is 6.21. The number of pyridine rings is 1. The molecular weight excluding hydrogens is 530 g/mol. The van der Waals surface area contributed by atoms with E-state index in [0.29, 0.717) is 48.6 Å². The number of nitrogens with zero attached hydrogens (tertiary/aromatic N) is 7. The van der Waals surface area contributed by atoms with E-state index in [0.717, 1.165) is 10.3 Å². The number of anilines is 2. The summed E-state index contributed by atoms with van der Waals surface area (Å²) in [6.07, 6.45) is 1.88. The summed E-state index contributed by atoms with van der Waals surface area (Å²) < 4.78 is 10.8. The molecule has 1 saturated heterocycles. The fourth-order valence-corrected chi connectivity index (χ4v) is 4.32. The first-order valence-corrected chi connectivity index (χ1v) is 13.2. The Balaban J connectivity index is 1.62. The van der Waals surface area contributed by atoms with Gasteiger partial charge in [0.1, 0.15) is 23.3 Å². The molecule has 3 aromatic rings. The van der Waals surface area contributed by atoms with Crippen molar-refractivity contribution in [1.82, 2.24) is 19.9 Å². The Morgan fingerprint density at radius 3 is 2.20 bits per heavy atom. The molecule has 0 spiro atoms. The minimum absolute atomic E-state index is 0.124. The summed E-state index contributed by atoms with van der Waals surface area (Å²) in [7, 11) is 1.38. The molecule has 0 bridgehead atoms. The normalized spacial score (nSPS) is 14.1. The zero-order chi connectivity index (χ0) is 30.1. The van der Waals surface area contributed by atoms with E-state index < -0.39 is 22.2 Å². The fourth-order valence-electron chi connectivity index (χ4n) is 4.32. The van der Waals surface area contributed by atoms with E-state index in [1.165, 1.54) is 25.6 Å². The summed E-state index contributed by atoms with van der Waals surface area (Å²) >= 11 is 0. The van der Waals surface area contributed by atoms with Gasteiger partial charge in [-0.3, -0.25) is 15.0 Å². The molecule has 13 nitrogen and oxygen atoms in total. The van der Waals surface area contributed by atoms with E-state index in [1.54, 1.807) is 31.7 Å². The molecule has 41 heavy (non-hydrogen) atoms. The summed E-state index contributed by atoms with van der Waals surface area (Å²) in [5, 5.41) is 12.7. The lowest BCUT2D eigenvalue weighted by Gasteiger charge is -2.36. The highest BCUT2D eigenvalue weighted by Gasteiger charge is 2.29. The standard InChI is InChI=1S/C28H35N7O6/c1-27(2,3)40-25(36)32(7)24-22(35(38)39)15-19(16-29-24)18-8-9-21-20(14-18)23(31-17-30-21)33-10-12-34(13-11-33)26(37)41-28(4,5)6/h8-9,14-17H,10-13H2,1-7H3. The summed E-state index contributed by atoms with van der Waals surface area (Å²) in [4.78, 5) is 54.4. The van der Waals surface area contributed by atoms with E-state index in [1.807, 2.05) is 32.9 Å². The molecule has 1 aliphatic rings. The molecule has 1 aromatic carbocycles. The maximum absolute atomic E-state index is 12.5. The summed E-state index contributed by atoms with van der Waals surface area (Å²) in [6.45, 7) is 12.7. The molecule has 0 radical (unpaired) electrons. The Kier molecular flexibility index (Phi) is 8.00. The number of piperazine rings is 1. The Bertz CT molecular complexity index is 1470. The minimum atomic E-state index is -0.771. The van der Waals surface area contributed by atoms with Crippen molar-refractivity contribution in [3.8, 4) is 11.1 Å². The Hall–Kier alpha value is -4.55. The van der Waals surface area contributed by atoms with E-state index in [2.05, 4.69) is 19.9 Å². The van der Waals surface area contributed by atoms with Crippen LogP contribution in [0.25, 0.3) is 22.0 Å². The maximum atomic E-state index is 12.5.